The van der Waals surface area contributed by atoms with Crippen molar-refractivity contribution in [3.63, 3.8) is 0 Å². The lowest BCUT2D eigenvalue weighted by Gasteiger charge is -2.07. The molecular formula is C11H12N4OS. The molecule has 0 aliphatic carbocycles. The van der Waals surface area contributed by atoms with E-state index in [-0.39, 0.29) is 5.91 Å². The number of rotatable bonds is 3. The molecule has 0 spiro atoms. The summed E-state index contributed by atoms with van der Waals surface area (Å²) in [5.74, 6) is 0.0454. The second-order valence-electron chi connectivity index (χ2n) is 3.36. The first-order valence-corrected chi connectivity index (χ1v) is 6.18. The summed E-state index contributed by atoms with van der Waals surface area (Å²) in [6.45, 7) is 0. The average molecular weight is 248 g/mol. The van der Waals surface area contributed by atoms with E-state index in [1.54, 1.807) is 11.8 Å². The molecule has 0 saturated carbocycles. The number of carbonyl (C=O) groups is 1. The number of thioether (sulfide) groups is 1. The number of nitrogens with one attached hydrogen (secondary N) is 2. The van der Waals surface area contributed by atoms with Gasteiger partial charge in [0.2, 0.25) is 0 Å². The topological polar surface area (TPSA) is 83.8 Å². The number of nitrogens with two attached hydrogens (primary N) is 1. The summed E-state index contributed by atoms with van der Waals surface area (Å²) < 4.78 is 0. The van der Waals surface area contributed by atoms with Crippen LogP contribution in [0.4, 0.5) is 11.5 Å². The van der Waals surface area contributed by atoms with Crippen molar-refractivity contribution in [1.82, 2.24) is 10.2 Å². The number of anilines is 2. The summed E-state index contributed by atoms with van der Waals surface area (Å²) >= 11 is 1.57. The number of hydrogen-bond acceptors (Lipinski definition) is 4. The van der Waals surface area contributed by atoms with Gasteiger partial charge in [-0.25, -0.2) is 0 Å². The lowest BCUT2D eigenvalue weighted by atomic mass is 10.3. The van der Waals surface area contributed by atoms with Crippen LogP contribution in [0.2, 0.25) is 0 Å². The Morgan fingerprint density at radius 3 is 2.88 bits per heavy atom. The number of para-hydroxylation sites is 1. The third-order valence-corrected chi connectivity index (χ3v) is 2.99. The first-order chi connectivity index (χ1) is 8.20. The van der Waals surface area contributed by atoms with Crippen LogP contribution in [0.15, 0.2) is 35.2 Å². The van der Waals surface area contributed by atoms with E-state index < -0.39 is 0 Å². The van der Waals surface area contributed by atoms with E-state index >= 15 is 0 Å². The Balaban J connectivity index is 2.18. The summed E-state index contributed by atoms with van der Waals surface area (Å²) in [5.41, 5.74) is 6.56. The molecule has 17 heavy (non-hydrogen) atoms. The highest BCUT2D eigenvalue weighted by atomic mass is 32.2. The molecule has 4 N–H and O–H groups in total. The first kappa shape index (κ1) is 11.5. The lowest BCUT2D eigenvalue weighted by Crippen LogP contribution is -2.12. The molecule has 0 bridgehead atoms. The van der Waals surface area contributed by atoms with E-state index in [1.165, 1.54) is 6.07 Å². The Bertz CT molecular complexity index is 538. The van der Waals surface area contributed by atoms with Crippen LogP contribution >= 0.6 is 11.8 Å². The van der Waals surface area contributed by atoms with Crippen LogP contribution < -0.4 is 11.1 Å². The average Bonchev–Trinajstić information content (AvgIpc) is 2.77. The van der Waals surface area contributed by atoms with Gasteiger partial charge >= 0.3 is 0 Å². The van der Waals surface area contributed by atoms with Crippen molar-refractivity contribution in [2.45, 2.75) is 4.90 Å². The van der Waals surface area contributed by atoms with Gasteiger partial charge in [0, 0.05) is 11.0 Å². The molecule has 1 aromatic carbocycles. The van der Waals surface area contributed by atoms with Crippen LogP contribution in [-0.4, -0.2) is 22.4 Å². The molecule has 2 rings (SSSR count). The number of benzene rings is 1. The zero-order chi connectivity index (χ0) is 12.3. The maximum absolute atomic E-state index is 11.8. The van der Waals surface area contributed by atoms with Crippen molar-refractivity contribution in [1.29, 1.82) is 0 Å². The molecule has 1 heterocycles. The van der Waals surface area contributed by atoms with E-state index in [9.17, 15) is 4.79 Å². The van der Waals surface area contributed by atoms with Crippen molar-refractivity contribution in [2.75, 3.05) is 17.3 Å². The molecule has 5 nitrogen and oxygen atoms in total. The van der Waals surface area contributed by atoms with Crippen LogP contribution in [0.5, 0.6) is 0 Å². The second-order valence-corrected chi connectivity index (χ2v) is 4.21. The highest BCUT2D eigenvalue weighted by Crippen LogP contribution is 2.24. The highest BCUT2D eigenvalue weighted by molar-refractivity contribution is 7.98. The van der Waals surface area contributed by atoms with Gasteiger partial charge in [-0.2, -0.15) is 5.10 Å². The molecule has 0 aliphatic heterocycles. The fourth-order valence-electron chi connectivity index (χ4n) is 1.39. The standard InChI is InChI=1S/C11H12N4OS/c1-17-9-5-3-2-4-7(9)13-11(16)8-6-10(12)15-14-8/h2-6H,1H3,(H,13,16)(H3,12,14,15). The molecule has 0 unspecified atom stereocenters. The summed E-state index contributed by atoms with van der Waals surface area (Å²) in [7, 11) is 0. The number of nitrogen functional groups attached to an aromatic ring is 1. The maximum Gasteiger partial charge on any atom is 0.273 e. The van der Waals surface area contributed by atoms with Gasteiger partial charge in [0.15, 0.2) is 0 Å². The smallest absolute Gasteiger partial charge is 0.273 e. The lowest BCUT2D eigenvalue weighted by molar-refractivity contribution is 0.102. The molecule has 0 fully saturated rings. The molecule has 0 atom stereocenters. The largest absolute Gasteiger partial charge is 0.382 e. The Hall–Kier alpha value is -1.95. The molecule has 1 aromatic heterocycles. The molecule has 0 saturated heterocycles. The van der Waals surface area contributed by atoms with Crippen LogP contribution in [0.3, 0.4) is 0 Å². The first-order valence-electron chi connectivity index (χ1n) is 4.96. The fraction of sp³-hybridized carbons (Fsp3) is 0.0909. The van der Waals surface area contributed by atoms with E-state index in [4.69, 9.17) is 5.73 Å². The molecular weight excluding hydrogens is 236 g/mol. The van der Waals surface area contributed by atoms with Gasteiger partial charge in [0.1, 0.15) is 11.5 Å². The number of amides is 1. The monoisotopic (exact) mass is 248 g/mol. The van der Waals surface area contributed by atoms with Crippen molar-refractivity contribution in [3.8, 4) is 0 Å². The van der Waals surface area contributed by atoms with E-state index in [1.807, 2.05) is 30.5 Å². The normalized spacial score (nSPS) is 10.2. The van der Waals surface area contributed by atoms with E-state index in [0.717, 1.165) is 10.6 Å². The van der Waals surface area contributed by atoms with E-state index in [0.29, 0.717) is 11.5 Å². The molecule has 1 amide bonds. The van der Waals surface area contributed by atoms with Gasteiger partial charge in [-0.1, -0.05) is 12.1 Å². The minimum atomic E-state index is -0.254. The SMILES string of the molecule is CSc1ccccc1NC(=O)c1cc(N)n[nH]1. The van der Waals surface area contributed by atoms with Gasteiger partial charge in [0.05, 0.1) is 5.69 Å². The van der Waals surface area contributed by atoms with Gasteiger partial charge in [-0.3, -0.25) is 9.89 Å². The van der Waals surface area contributed by atoms with Gasteiger partial charge < -0.3 is 11.1 Å². The van der Waals surface area contributed by atoms with Crippen molar-refractivity contribution < 1.29 is 4.79 Å². The number of H-pyrrole nitrogens is 1. The molecule has 88 valence electrons. The summed E-state index contributed by atoms with van der Waals surface area (Å²) in [6, 6.07) is 9.09. The number of aromatic nitrogens is 2. The van der Waals surface area contributed by atoms with Gasteiger partial charge in [0.25, 0.3) is 5.91 Å². The fourth-order valence-corrected chi connectivity index (χ4v) is 1.94. The molecule has 2 aromatic rings. The number of nitrogens with zero attached hydrogens (tertiary/aromatic N) is 1. The zero-order valence-corrected chi connectivity index (χ0v) is 10.0. The molecule has 0 radical (unpaired) electrons. The van der Waals surface area contributed by atoms with Crippen molar-refractivity contribution in [3.05, 3.63) is 36.0 Å². The minimum Gasteiger partial charge on any atom is -0.382 e. The summed E-state index contributed by atoms with van der Waals surface area (Å²) in [5, 5.41) is 9.08. The second kappa shape index (κ2) is 4.92. The number of aromatic amines is 1. The van der Waals surface area contributed by atoms with E-state index in [2.05, 4.69) is 15.5 Å². The quantitative estimate of drug-likeness (QED) is 0.725. The zero-order valence-electron chi connectivity index (χ0n) is 9.23. The number of carbonyl (C=O) groups excluding carboxylic acids is 1. The number of hydrogen-bond donors (Lipinski definition) is 3. The Kier molecular flexibility index (Phi) is 3.34. The molecule has 6 heteroatoms. The van der Waals surface area contributed by atoms with Crippen molar-refractivity contribution in [2.24, 2.45) is 0 Å². The Labute approximate surface area is 103 Å². The predicted molar refractivity (Wildman–Crippen MR) is 69.2 cm³/mol. The third-order valence-electron chi connectivity index (χ3n) is 2.20. The summed E-state index contributed by atoms with van der Waals surface area (Å²) in [4.78, 5) is 12.9. The van der Waals surface area contributed by atoms with Crippen LogP contribution in [-0.2, 0) is 0 Å². The Morgan fingerprint density at radius 2 is 2.24 bits per heavy atom. The van der Waals surface area contributed by atoms with Crippen LogP contribution in [0.25, 0.3) is 0 Å². The summed E-state index contributed by atoms with van der Waals surface area (Å²) in [6.07, 6.45) is 1.96. The Morgan fingerprint density at radius 1 is 1.47 bits per heavy atom. The minimum absolute atomic E-state index is 0.254. The van der Waals surface area contributed by atoms with Crippen molar-refractivity contribution >= 4 is 29.2 Å². The van der Waals surface area contributed by atoms with Gasteiger partial charge in [-0.05, 0) is 18.4 Å². The molecule has 0 aliphatic rings. The maximum atomic E-state index is 11.8. The van der Waals surface area contributed by atoms with Crippen LogP contribution in [0, 0.1) is 0 Å². The predicted octanol–water partition coefficient (Wildman–Crippen LogP) is 1.97. The van der Waals surface area contributed by atoms with Crippen LogP contribution in [0.1, 0.15) is 10.5 Å². The third kappa shape index (κ3) is 2.59. The highest BCUT2D eigenvalue weighted by Gasteiger charge is 2.10. The van der Waals surface area contributed by atoms with Gasteiger partial charge in [-0.15, -0.1) is 11.8 Å².